The van der Waals surface area contributed by atoms with Gasteiger partial charge in [-0.3, -0.25) is 9.59 Å². The summed E-state index contributed by atoms with van der Waals surface area (Å²) in [5.41, 5.74) is 4.26. The van der Waals surface area contributed by atoms with Gasteiger partial charge in [0.15, 0.2) is 0 Å². The Balaban J connectivity index is 0.000000156. The molecule has 0 spiro atoms. The molecule has 2 heterocycles. The Morgan fingerprint density at radius 2 is 1.20 bits per heavy atom. The maximum absolute atomic E-state index is 11.9. The van der Waals surface area contributed by atoms with E-state index in [2.05, 4.69) is 39.1 Å². The fraction of sp³-hybridized carbons (Fsp3) is 0.118. The number of alkyl halides is 1. The molecule has 4 aromatic carbocycles. The van der Waals surface area contributed by atoms with Gasteiger partial charge in [0, 0.05) is 23.4 Å². The number of esters is 2. The summed E-state index contributed by atoms with van der Waals surface area (Å²) < 4.78 is 12.1. The minimum Gasteiger partial charge on any atom is -0.460 e. The molecule has 0 aliphatic carbocycles. The zero-order chi connectivity index (χ0) is 28.7. The largest absolute Gasteiger partial charge is 0.460 e. The molecule has 0 atom stereocenters. The molecule has 208 valence electrons. The Morgan fingerprint density at radius 1 is 0.634 bits per heavy atom. The average Bonchev–Trinajstić information content (AvgIpc) is 3.68. The van der Waals surface area contributed by atoms with Gasteiger partial charge >= 0.3 is 11.9 Å². The standard InChI is InChI=1S/C17H15NO2.C9H9BrO2.C8H7N/c19-17(20-13-14-6-2-1-3-7-14)12-18-11-10-15-8-4-5-9-16(15)18;10-6-9(11)12-7-8-4-2-1-3-5-8;1-2-4-8-7(3-1)5-6-9-8/h1-11H,12-13H2;1-5H,6-7H2;1-6,9H. The van der Waals surface area contributed by atoms with E-state index in [9.17, 15) is 9.59 Å². The van der Waals surface area contributed by atoms with Crippen molar-refractivity contribution in [1.82, 2.24) is 9.55 Å². The number of nitrogens with zero attached hydrogens (tertiary/aromatic N) is 1. The first-order chi connectivity index (χ1) is 20.1. The number of ether oxygens (including phenoxy) is 2. The highest BCUT2D eigenvalue weighted by atomic mass is 79.9. The van der Waals surface area contributed by atoms with Crippen LogP contribution < -0.4 is 0 Å². The van der Waals surface area contributed by atoms with Gasteiger partial charge < -0.3 is 19.0 Å². The lowest BCUT2D eigenvalue weighted by molar-refractivity contribution is -0.145. The van der Waals surface area contributed by atoms with Crippen molar-refractivity contribution in [2.45, 2.75) is 19.8 Å². The molecular formula is C34H31BrN2O4. The molecule has 0 aliphatic heterocycles. The zero-order valence-electron chi connectivity index (χ0n) is 22.5. The molecule has 0 unspecified atom stereocenters. The van der Waals surface area contributed by atoms with Gasteiger partial charge in [-0.1, -0.05) is 113 Å². The number of fused-ring (bicyclic) bond motifs is 2. The minimum atomic E-state index is -0.237. The van der Waals surface area contributed by atoms with E-state index in [0.717, 1.165) is 22.0 Å². The SMILES string of the molecule is O=C(CBr)OCc1ccccc1.O=C(Cn1ccc2ccccc21)OCc1ccccc1.c1ccc2[nH]ccc2c1. The quantitative estimate of drug-likeness (QED) is 0.149. The lowest BCUT2D eigenvalue weighted by atomic mass is 10.2. The fourth-order valence-corrected chi connectivity index (χ4v) is 4.13. The number of H-pyrrole nitrogens is 1. The van der Waals surface area contributed by atoms with Crippen molar-refractivity contribution < 1.29 is 19.1 Å². The Labute approximate surface area is 247 Å². The molecule has 2 aromatic heterocycles. The van der Waals surface area contributed by atoms with Crippen molar-refractivity contribution in [1.29, 1.82) is 0 Å². The molecule has 6 rings (SSSR count). The van der Waals surface area contributed by atoms with E-state index in [4.69, 9.17) is 9.47 Å². The molecule has 6 aromatic rings. The number of hydrogen-bond acceptors (Lipinski definition) is 4. The van der Waals surface area contributed by atoms with Crippen LogP contribution >= 0.6 is 15.9 Å². The van der Waals surface area contributed by atoms with Crippen LogP contribution in [-0.2, 0) is 38.8 Å². The second-order valence-electron chi connectivity index (χ2n) is 8.99. The first-order valence-electron chi connectivity index (χ1n) is 13.1. The van der Waals surface area contributed by atoms with Crippen LogP contribution in [0.3, 0.4) is 0 Å². The maximum Gasteiger partial charge on any atom is 0.326 e. The smallest absolute Gasteiger partial charge is 0.326 e. The van der Waals surface area contributed by atoms with Crippen molar-refractivity contribution in [3.8, 4) is 0 Å². The Hall–Kier alpha value is -4.62. The van der Waals surface area contributed by atoms with Crippen LogP contribution in [0.1, 0.15) is 11.1 Å². The third kappa shape index (κ3) is 9.51. The van der Waals surface area contributed by atoms with E-state index >= 15 is 0 Å². The summed E-state index contributed by atoms with van der Waals surface area (Å²) in [4.78, 5) is 25.7. The maximum atomic E-state index is 11.9. The lowest BCUT2D eigenvalue weighted by Gasteiger charge is -2.07. The summed E-state index contributed by atoms with van der Waals surface area (Å²) in [7, 11) is 0. The predicted molar refractivity (Wildman–Crippen MR) is 167 cm³/mol. The third-order valence-electron chi connectivity index (χ3n) is 6.04. The number of rotatable bonds is 7. The molecule has 0 bridgehead atoms. The summed E-state index contributed by atoms with van der Waals surface area (Å²) in [6, 6.07) is 39.5. The first kappa shape index (κ1) is 29.4. The second kappa shape index (κ2) is 15.8. The lowest BCUT2D eigenvalue weighted by Crippen LogP contribution is -2.12. The van der Waals surface area contributed by atoms with Crippen LogP contribution in [0.15, 0.2) is 134 Å². The summed E-state index contributed by atoms with van der Waals surface area (Å²) in [6.45, 7) is 0.907. The predicted octanol–water partition coefficient (Wildman–Crippen LogP) is 7.68. The van der Waals surface area contributed by atoms with Crippen molar-refractivity contribution in [3.05, 3.63) is 145 Å². The molecule has 0 saturated carbocycles. The van der Waals surface area contributed by atoms with Crippen LogP contribution in [0.4, 0.5) is 0 Å². The number of benzene rings is 4. The number of hydrogen-bond donors (Lipinski definition) is 1. The number of carbonyl (C=O) groups excluding carboxylic acids is 2. The number of halogens is 1. The number of nitrogens with one attached hydrogen (secondary N) is 1. The fourth-order valence-electron chi connectivity index (χ4n) is 3.97. The molecule has 6 nitrogen and oxygen atoms in total. The molecule has 7 heteroatoms. The number of aromatic nitrogens is 2. The molecule has 1 N–H and O–H groups in total. The number of aromatic amines is 1. The Bertz CT molecular complexity index is 1610. The summed E-state index contributed by atoms with van der Waals surface area (Å²) in [5.74, 6) is -0.464. The van der Waals surface area contributed by atoms with Crippen molar-refractivity contribution in [2.24, 2.45) is 0 Å². The van der Waals surface area contributed by atoms with Crippen LogP contribution in [0.5, 0.6) is 0 Å². The van der Waals surface area contributed by atoms with Crippen LogP contribution in [0.25, 0.3) is 21.8 Å². The Morgan fingerprint density at radius 3 is 1.83 bits per heavy atom. The molecular weight excluding hydrogens is 580 g/mol. The number of carbonyl (C=O) groups is 2. The van der Waals surface area contributed by atoms with Gasteiger partial charge in [0.05, 0.1) is 0 Å². The third-order valence-corrected chi connectivity index (χ3v) is 6.49. The van der Waals surface area contributed by atoms with Gasteiger partial charge in [-0.15, -0.1) is 0 Å². The second-order valence-corrected chi connectivity index (χ2v) is 9.55. The van der Waals surface area contributed by atoms with Gasteiger partial charge in [0.1, 0.15) is 25.1 Å². The summed E-state index contributed by atoms with van der Waals surface area (Å²) in [5, 5.41) is 2.65. The van der Waals surface area contributed by atoms with Gasteiger partial charge in [-0.05, 0) is 46.2 Å². The van der Waals surface area contributed by atoms with Crippen molar-refractivity contribution in [3.63, 3.8) is 0 Å². The van der Waals surface area contributed by atoms with Crippen LogP contribution in [0.2, 0.25) is 0 Å². The normalized spacial score (nSPS) is 10.2. The summed E-state index contributed by atoms with van der Waals surface area (Å²) in [6.07, 6.45) is 3.86. The van der Waals surface area contributed by atoms with Gasteiger partial charge in [0.2, 0.25) is 0 Å². The van der Waals surface area contributed by atoms with E-state index < -0.39 is 0 Å². The molecule has 0 aliphatic rings. The van der Waals surface area contributed by atoms with E-state index in [-0.39, 0.29) is 23.8 Å². The minimum absolute atomic E-state index is 0.227. The van der Waals surface area contributed by atoms with E-state index in [1.807, 2.05) is 120 Å². The summed E-state index contributed by atoms with van der Waals surface area (Å²) >= 11 is 3.01. The van der Waals surface area contributed by atoms with Gasteiger partial charge in [-0.25, -0.2) is 0 Å². The van der Waals surface area contributed by atoms with E-state index in [1.54, 1.807) is 0 Å². The van der Waals surface area contributed by atoms with Crippen LogP contribution in [0, 0.1) is 0 Å². The zero-order valence-corrected chi connectivity index (χ0v) is 24.1. The molecule has 41 heavy (non-hydrogen) atoms. The first-order valence-corrected chi connectivity index (χ1v) is 14.3. The van der Waals surface area contributed by atoms with Crippen molar-refractivity contribution in [2.75, 3.05) is 5.33 Å². The highest BCUT2D eigenvalue weighted by molar-refractivity contribution is 9.09. The highest BCUT2D eigenvalue weighted by Gasteiger charge is 2.07. The van der Waals surface area contributed by atoms with Gasteiger partial charge in [0.25, 0.3) is 0 Å². The highest BCUT2D eigenvalue weighted by Crippen LogP contribution is 2.15. The molecule has 0 fully saturated rings. The molecule has 0 amide bonds. The van der Waals surface area contributed by atoms with E-state index in [1.165, 1.54) is 10.9 Å². The molecule has 0 saturated heterocycles. The monoisotopic (exact) mass is 610 g/mol. The topological polar surface area (TPSA) is 73.3 Å². The Kier molecular flexibility index (Phi) is 11.3. The van der Waals surface area contributed by atoms with Crippen LogP contribution in [-0.4, -0.2) is 26.8 Å². The number of para-hydroxylation sites is 2. The molecule has 0 radical (unpaired) electrons. The average molecular weight is 612 g/mol. The van der Waals surface area contributed by atoms with Crippen molar-refractivity contribution >= 4 is 49.7 Å². The van der Waals surface area contributed by atoms with Gasteiger partial charge in [-0.2, -0.15) is 0 Å². The van der Waals surface area contributed by atoms with E-state index in [0.29, 0.717) is 13.2 Å².